The molecular formula is C12H13ClN2O. The normalized spacial score (nSPS) is 10.6. The molecule has 0 bridgehead atoms. The Morgan fingerprint density at radius 2 is 2.19 bits per heavy atom. The highest BCUT2D eigenvalue weighted by molar-refractivity contribution is 6.19. The van der Waals surface area contributed by atoms with E-state index in [-0.39, 0.29) is 5.91 Å². The van der Waals surface area contributed by atoms with Gasteiger partial charge in [-0.05, 0) is 18.1 Å². The highest BCUT2D eigenvalue weighted by Crippen LogP contribution is 2.22. The summed E-state index contributed by atoms with van der Waals surface area (Å²) in [6.07, 6.45) is 2.69. The fourth-order valence-corrected chi connectivity index (χ4v) is 2.04. The van der Waals surface area contributed by atoms with E-state index in [0.717, 1.165) is 22.9 Å². The number of halogens is 1. The molecule has 1 N–H and O–H groups in total. The Hall–Kier alpha value is -1.48. The number of aromatic nitrogens is 1. The quantitative estimate of drug-likeness (QED) is 0.872. The number of benzene rings is 1. The van der Waals surface area contributed by atoms with Crippen molar-refractivity contribution in [2.45, 2.75) is 13.3 Å². The third-order valence-corrected chi connectivity index (χ3v) is 2.80. The summed E-state index contributed by atoms with van der Waals surface area (Å²) in [5, 5.41) is 3.92. The molecule has 0 atom stereocenters. The molecule has 16 heavy (non-hydrogen) atoms. The zero-order valence-electron chi connectivity index (χ0n) is 9.03. The lowest BCUT2D eigenvalue weighted by molar-refractivity contribution is -0.118. The maximum atomic E-state index is 10.8. The van der Waals surface area contributed by atoms with E-state index in [1.807, 2.05) is 30.5 Å². The highest BCUT2D eigenvalue weighted by atomic mass is 35.5. The van der Waals surface area contributed by atoms with E-state index < -0.39 is 0 Å². The lowest BCUT2D eigenvalue weighted by Gasteiger charge is -2.00. The van der Waals surface area contributed by atoms with Gasteiger partial charge in [-0.15, -0.1) is 0 Å². The second kappa shape index (κ2) is 4.58. The summed E-state index contributed by atoms with van der Waals surface area (Å²) in [6.45, 7) is 2.16. The van der Waals surface area contributed by atoms with Gasteiger partial charge < -0.3 is 5.32 Å². The Labute approximate surface area is 99.1 Å². The van der Waals surface area contributed by atoms with Gasteiger partial charge in [0.25, 0.3) is 0 Å². The molecule has 0 unspecified atom stereocenters. The molecule has 0 aliphatic rings. The first-order valence-corrected chi connectivity index (χ1v) is 5.52. The van der Waals surface area contributed by atoms with Gasteiger partial charge in [-0.2, -0.15) is 0 Å². The second-order valence-electron chi connectivity index (χ2n) is 3.72. The van der Waals surface area contributed by atoms with Crippen LogP contribution in [0.15, 0.2) is 30.5 Å². The maximum absolute atomic E-state index is 10.8. The van der Waals surface area contributed by atoms with Crippen LogP contribution in [0.3, 0.4) is 0 Å². The van der Waals surface area contributed by atoms with Crippen LogP contribution in [-0.4, -0.2) is 16.5 Å². The largest absolute Gasteiger partial charge is 0.356 e. The van der Waals surface area contributed by atoms with Gasteiger partial charge in [0.2, 0.25) is 5.91 Å². The zero-order valence-corrected chi connectivity index (χ0v) is 9.79. The van der Waals surface area contributed by atoms with Crippen LogP contribution in [0.1, 0.15) is 12.5 Å². The molecule has 0 spiro atoms. The minimum Gasteiger partial charge on any atom is -0.356 e. The SMILES string of the molecule is CC(=O)NCCc1cn(Cl)c2ccccc12. The molecule has 0 fully saturated rings. The van der Waals surface area contributed by atoms with Crippen molar-refractivity contribution in [3.05, 3.63) is 36.0 Å². The van der Waals surface area contributed by atoms with Crippen LogP contribution in [0.25, 0.3) is 10.9 Å². The average Bonchev–Trinajstić information content (AvgIpc) is 2.57. The third-order valence-electron chi connectivity index (χ3n) is 2.52. The molecule has 3 nitrogen and oxygen atoms in total. The molecule has 4 heteroatoms. The minimum atomic E-state index is -0.00499. The number of nitrogens with one attached hydrogen (secondary N) is 1. The summed E-state index contributed by atoms with van der Waals surface area (Å²) in [4.78, 5) is 10.8. The highest BCUT2D eigenvalue weighted by Gasteiger charge is 2.06. The molecule has 0 aliphatic heterocycles. The molecule has 1 aromatic heterocycles. The molecule has 0 radical (unpaired) electrons. The van der Waals surface area contributed by atoms with Gasteiger partial charge >= 0.3 is 0 Å². The number of fused-ring (bicyclic) bond motifs is 1. The molecule has 1 amide bonds. The van der Waals surface area contributed by atoms with Crippen LogP contribution in [0.2, 0.25) is 0 Å². The predicted molar refractivity (Wildman–Crippen MR) is 65.6 cm³/mol. The fourth-order valence-electron chi connectivity index (χ4n) is 1.78. The van der Waals surface area contributed by atoms with Gasteiger partial charge in [-0.3, -0.25) is 8.88 Å². The zero-order chi connectivity index (χ0) is 11.5. The molecule has 0 aliphatic carbocycles. The van der Waals surface area contributed by atoms with E-state index in [2.05, 4.69) is 5.32 Å². The van der Waals surface area contributed by atoms with Crippen molar-refractivity contribution in [2.75, 3.05) is 6.54 Å². The Morgan fingerprint density at radius 1 is 1.44 bits per heavy atom. The van der Waals surface area contributed by atoms with Crippen molar-refractivity contribution < 1.29 is 4.79 Å². The van der Waals surface area contributed by atoms with Gasteiger partial charge in [0.1, 0.15) is 0 Å². The van der Waals surface area contributed by atoms with E-state index in [0.29, 0.717) is 6.54 Å². The van der Waals surface area contributed by atoms with Crippen molar-refractivity contribution in [1.29, 1.82) is 0 Å². The van der Waals surface area contributed by atoms with Gasteiger partial charge in [0, 0.05) is 36.8 Å². The van der Waals surface area contributed by atoms with E-state index in [9.17, 15) is 4.79 Å². The topological polar surface area (TPSA) is 34.0 Å². The molecule has 2 rings (SSSR count). The first kappa shape index (κ1) is 11.0. The van der Waals surface area contributed by atoms with E-state index in [4.69, 9.17) is 11.8 Å². The predicted octanol–water partition coefficient (Wildman–Crippen LogP) is 2.32. The monoisotopic (exact) mass is 236 g/mol. The van der Waals surface area contributed by atoms with Crippen molar-refractivity contribution in [2.24, 2.45) is 0 Å². The summed E-state index contributed by atoms with van der Waals surface area (Å²) < 4.78 is 1.60. The maximum Gasteiger partial charge on any atom is 0.216 e. The number of hydrogen-bond acceptors (Lipinski definition) is 1. The summed E-state index contributed by atoms with van der Waals surface area (Å²) in [5.74, 6) is -0.00499. The third kappa shape index (κ3) is 2.19. The number of hydrogen-bond donors (Lipinski definition) is 1. The Morgan fingerprint density at radius 3 is 2.94 bits per heavy atom. The van der Waals surface area contributed by atoms with Crippen molar-refractivity contribution in [3.8, 4) is 0 Å². The lowest BCUT2D eigenvalue weighted by Crippen LogP contribution is -2.22. The van der Waals surface area contributed by atoms with Crippen LogP contribution < -0.4 is 5.32 Å². The number of carbonyl (C=O) groups excluding carboxylic acids is 1. The van der Waals surface area contributed by atoms with Crippen molar-refractivity contribution in [3.63, 3.8) is 0 Å². The first-order chi connectivity index (χ1) is 7.68. The molecule has 2 aromatic rings. The summed E-state index contributed by atoms with van der Waals surface area (Å²) in [7, 11) is 0. The Bertz CT molecular complexity index is 519. The van der Waals surface area contributed by atoms with Gasteiger partial charge in [0.15, 0.2) is 0 Å². The number of amides is 1. The van der Waals surface area contributed by atoms with Gasteiger partial charge in [0.05, 0.1) is 5.52 Å². The molecule has 1 heterocycles. The standard InChI is InChI=1S/C12H13ClN2O/c1-9(16)14-7-6-10-8-15(13)12-5-3-2-4-11(10)12/h2-5,8H,6-7H2,1H3,(H,14,16). The molecule has 0 saturated heterocycles. The molecule has 1 aromatic carbocycles. The summed E-state index contributed by atoms with van der Waals surface area (Å²) in [5.41, 5.74) is 2.15. The van der Waals surface area contributed by atoms with Crippen LogP contribution >= 0.6 is 11.8 Å². The minimum absolute atomic E-state index is 0.00499. The summed E-state index contributed by atoms with van der Waals surface area (Å²) >= 11 is 6.05. The average molecular weight is 237 g/mol. The van der Waals surface area contributed by atoms with Crippen LogP contribution in [0.5, 0.6) is 0 Å². The van der Waals surface area contributed by atoms with E-state index in [1.165, 1.54) is 6.92 Å². The Kier molecular flexibility index (Phi) is 3.15. The molecule has 84 valence electrons. The number of nitrogens with zero attached hydrogens (tertiary/aromatic N) is 1. The summed E-state index contributed by atoms with van der Waals surface area (Å²) in [6, 6.07) is 7.96. The first-order valence-electron chi connectivity index (χ1n) is 5.18. The Balaban J connectivity index is 2.21. The van der Waals surface area contributed by atoms with Crippen LogP contribution in [0.4, 0.5) is 0 Å². The van der Waals surface area contributed by atoms with Crippen molar-refractivity contribution >= 4 is 28.6 Å². The smallest absolute Gasteiger partial charge is 0.216 e. The lowest BCUT2D eigenvalue weighted by atomic mass is 10.1. The number of carbonyl (C=O) groups is 1. The van der Waals surface area contributed by atoms with E-state index >= 15 is 0 Å². The van der Waals surface area contributed by atoms with Crippen LogP contribution in [-0.2, 0) is 11.2 Å². The second-order valence-corrected chi connectivity index (χ2v) is 4.08. The van der Waals surface area contributed by atoms with E-state index in [1.54, 1.807) is 4.09 Å². The fraction of sp³-hybridized carbons (Fsp3) is 0.250. The van der Waals surface area contributed by atoms with Gasteiger partial charge in [-0.25, -0.2) is 0 Å². The molecule has 0 saturated carbocycles. The number of rotatable bonds is 3. The molecular weight excluding hydrogens is 224 g/mol. The van der Waals surface area contributed by atoms with Crippen molar-refractivity contribution in [1.82, 2.24) is 9.40 Å². The van der Waals surface area contributed by atoms with Crippen LogP contribution in [0, 0.1) is 0 Å². The number of para-hydroxylation sites is 1. The van der Waals surface area contributed by atoms with Gasteiger partial charge in [-0.1, -0.05) is 18.2 Å².